The van der Waals surface area contributed by atoms with Crippen molar-refractivity contribution in [1.29, 1.82) is 0 Å². The molecule has 2 aromatic carbocycles. The number of halogens is 1. The molecule has 0 saturated heterocycles. The molecule has 0 fully saturated rings. The van der Waals surface area contributed by atoms with Gasteiger partial charge < -0.3 is 0 Å². The summed E-state index contributed by atoms with van der Waals surface area (Å²) in [4.78, 5) is 0. The molecule has 0 spiro atoms. The molecule has 130 valence electrons. The van der Waals surface area contributed by atoms with Crippen LogP contribution in [0.3, 0.4) is 0 Å². The zero-order chi connectivity index (χ0) is 17.7. The summed E-state index contributed by atoms with van der Waals surface area (Å²) in [5.74, 6) is 0. The third kappa shape index (κ3) is 13.7. The van der Waals surface area contributed by atoms with Crippen LogP contribution in [0.4, 0.5) is 0 Å². The molecule has 0 amide bonds. The Kier molecular flexibility index (Phi) is 12.8. The second-order valence-corrected chi connectivity index (χ2v) is 8.87. The van der Waals surface area contributed by atoms with Crippen LogP contribution in [0, 0.1) is 10.2 Å². The first-order valence-electron chi connectivity index (χ1n) is 6.96. The molecule has 0 atom stereocenters. The van der Waals surface area contributed by atoms with Gasteiger partial charge in [-0.1, -0.05) is 26.7 Å². The Labute approximate surface area is 150 Å². The summed E-state index contributed by atoms with van der Waals surface area (Å²) in [7, 11) is -4.69. The molecule has 2 rings (SSSR count). The van der Waals surface area contributed by atoms with Crippen molar-refractivity contribution < 1.29 is 46.7 Å². The van der Waals surface area contributed by atoms with Gasteiger partial charge in [-0.15, -0.1) is 0 Å². The van der Waals surface area contributed by atoms with E-state index in [4.69, 9.17) is 18.6 Å². The van der Waals surface area contributed by atoms with Crippen LogP contribution in [0.2, 0.25) is 0 Å². The topological polar surface area (TPSA) is 89.4 Å². The number of unbranched alkanes of at least 4 members (excludes halogenated alkanes) is 1. The van der Waals surface area contributed by atoms with E-state index in [0.717, 1.165) is 0 Å². The van der Waals surface area contributed by atoms with Crippen molar-refractivity contribution in [2.75, 3.05) is 0 Å². The monoisotopic (exact) mass is 446 g/mol. The van der Waals surface area contributed by atoms with E-state index in [0.29, 0.717) is 0 Å². The SMILES string of the molecule is CCCC.[O-][Cl+3]([O-])([O-])O.[Rh][P](c1ccccc1)c1ccccc1. The van der Waals surface area contributed by atoms with Gasteiger partial charge in [-0.05, 0) is 0 Å². The van der Waals surface area contributed by atoms with E-state index >= 15 is 0 Å². The Balaban J connectivity index is 0.000000450. The van der Waals surface area contributed by atoms with Crippen molar-refractivity contribution in [3.8, 4) is 0 Å². The summed E-state index contributed by atoms with van der Waals surface area (Å²) < 4.78 is 32.7. The van der Waals surface area contributed by atoms with E-state index in [1.165, 1.54) is 23.5 Å². The van der Waals surface area contributed by atoms with E-state index in [1.54, 1.807) is 0 Å². The van der Waals surface area contributed by atoms with Gasteiger partial charge in [0, 0.05) is 0 Å². The third-order valence-electron chi connectivity index (χ3n) is 2.44. The van der Waals surface area contributed by atoms with Gasteiger partial charge in [0.15, 0.2) is 0 Å². The molecule has 2 aromatic rings. The van der Waals surface area contributed by atoms with Crippen LogP contribution in [-0.4, -0.2) is 4.66 Å². The van der Waals surface area contributed by atoms with E-state index < -0.39 is 10.2 Å². The standard InChI is InChI=1S/C12H10P.C4H10.ClHO4.Rh/c1-3-7-11(8-4-1)13-12-9-5-2-6-10-12;1-3-4-2;2-1(3,4)5;/h1-10H;3-4H2,1-2H3;(H,2,3,4,5);/q-1;;;+1. The molecule has 0 aliphatic rings. The molecule has 0 radical (unpaired) electrons. The zero-order valence-electron chi connectivity index (χ0n) is 13.0. The van der Waals surface area contributed by atoms with Crippen molar-refractivity contribution in [1.82, 2.24) is 0 Å². The predicted octanol–water partition coefficient (Wildman–Crippen LogP) is 0.264. The van der Waals surface area contributed by atoms with Gasteiger partial charge in [0.2, 0.25) is 0 Å². The van der Waals surface area contributed by atoms with E-state index in [1.807, 2.05) is 0 Å². The fourth-order valence-electron chi connectivity index (χ4n) is 1.25. The molecule has 0 aliphatic carbocycles. The minimum absolute atomic E-state index is 0.281. The molecule has 7 heteroatoms. The molecule has 23 heavy (non-hydrogen) atoms. The van der Waals surface area contributed by atoms with Crippen molar-refractivity contribution in [3.05, 3.63) is 60.7 Å². The molecule has 0 bridgehead atoms. The molecule has 0 unspecified atom stereocenters. The Morgan fingerprint density at radius 1 is 0.826 bits per heavy atom. The molecule has 4 nitrogen and oxygen atoms in total. The quantitative estimate of drug-likeness (QED) is 0.541. The average Bonchev–Trinajstić information content (AvgIpc) is 2.54. The summed E-state index contributed by atoms with van der Waals surface area (Å²) in [6.45, 7) is 4.36. The Hall–Kier alpha value is -0.377. The van der Waals surface area contributed by atoms with Gasteiger partial charge in [0.05, 0.1) is 14.9 Å². The van der Waals surface area contributed by atoms with Gasteiger partial charge in [0.1, 0.15) is 0 Å². The van der Waals surface area contributed by atoms with Gasteiger partial charge in [-0.25, -0.2) is 0 Å². The fourth-order valence-corrected chi connectivity index (χ4v) is 3.86. The molecular weight excluding hydrogens is 426 g/mol. The van der Waals surface area contributed by atoms with Crippen molar-refractivity contribution >= 4 is 16.9 Å². The van der Waals surface area contributed by atoms with Crippen molar-refractivity contribution in [2.24, 2.45) is 0 Å². The van der Waals surface area contributed by atoms with Crippen LogP contribution in [0.5, 0.6) is 0 Å². The summed E-state index contributed by atoms with van der Waals surface area (Å²) in [5.41, 5.74) is 0. The maximum atomic E-state index is 8.60. The Morgan fingerprint density at radius 2 is 1.09 bits per heavy atom. The Bertz CT molecular complexity index is 461. The predicted molar refractivity (Wildman–Crippen MR) is 81.9 cm³/mol. The van der Waals surface area contributed by atoms with Crippen molar-refractivity contribution in [3.63, 3.8) is 0 Å². The van der Waals surface area contributed by atoms with Crippen molar-refractivity contribution in [2.45, 2.75) is 26.7 Å². The summed E-state index contributed by atoms with van der Waals surface area (Å²) in [6.07, 6.45) is 2.36. The number of benzene rings is 2. The number of rotatable bonds is 3. The molecule has 1 N–H and O–H groups in total. The van der Waals surface area contributed by atoms with Crippen LogP contribution >= 0.6 is 6.25 Å². The van der Waals surface area contributed by atoms with Crippen LogP contribution < -0.4 is 24.6 Å². The van der Waals surface area contributed by atoms with Gasteiger partial charge in [-0.2, -0.15) is 14.0 Å². The average molecular weight is 447 g/mol. The van der Waals surface area contributed by atoms with Gasteiger partial charge in [-0.3, -0.25) is 0 Å². The minimum atomic E-state index is -4.69. The second kappa shape index (κ2) is 13.0. The van der Waals surface area contributed by atoms with Crippen LogP contribution in [-0.2, 0) is 17.8 Å². The first-order valence-corrected chi connectivity index (χ1v) is 11.6. The molecule has 0 aliphatic heterocycles. The van der Waals surface area contributed by atoms with E-state index in [2.05, 4.69) is 92.3 Å². The third-order valence-corrected chi connectivity index (χ3v) is 6.44. The normalized spacial score (nSPS) is 10.3. The van der Waals surface area contributed by atoms with E-state index in [9.17, 15) is 0 Å². The molecule has 0 saturated carbocycles. The molecule has 0 aromatic heterocycles. The number of hydrogen-bond donors (Lipinski definition) is 1. The molecule has 0 heterocycles. The first-order chi connectivity index (χ1) is 10.8. The number of hydrogen-bond acceptors (Lipinski definition) is 4. The summed E-state index contributed by atoms with van der Waals surface area (Å²) >= 11 is 3.16. The summed E-state index contributed by atoms with van der Waals surface area (Å²) in [5, 5.41) is 2.78. The van der Waals surface area contributed by atoms with E-state index in [-0.39, 0.29) is 6.25 Å². The molecular formula is C16H21ClO4PRh. The fraction of sp³-hybridized carbons (Fsp3) is 0.250. The summed E-state index contributed by atoms with van der Waals surface area (Å²) in [6, 6.07) is 21.2. The maximum absolute atomic E-state index is 8.60. The first kappa shape index (κ1) is 22.6. The van der Waals surface area contributed by atoms with Crippen LogP contribution in [0.15, 0.2) is 60.7 Å². The van der Waals surface area contributed by atoms with Gasteiger partial charge >= 0.3 is 95.3 Å². The zero-order valence-corrected chi connectivity index (χ0v) is 16.3. The Morgan fingerprint density at radius 3 is 1.30 bits per heavy atom. The van der Waals surface area contributed by atoms with Crippen LogP contribution in [0.1, 0.15) is 26.7 Å². The van der Waals surface area contributed by atoms with Gasteiger partial charge in [0.25, 0.3) is 0 Å². The van der Waals surface area contributed by atoms with Crippen LogP contribution in [0.25, 0.3) is 0 Å². The second-order valence-electron chi connectivity index (χ2n) is 4.33.